The Balaban J connectivity index is 1.44. The van der Waals surface area contributed by atoms with E-state index in [4.69, 9.17) is 11.6 Å². The topological polar surface area (TPSA) is 35.6 Å². The minimum atomic E-state index is -0.465. The number of halogens is 2. The number of amides is 1. The van der Waals surface area contributed by atoms with Gasteiger partial charge in [0.1, 0.15) is 5.82 Å². The molecule has 1 heterocycles. The number of anilines is 1. The second-order valence-electron chi connectivity index (χ2n) is 6.12. The van der Waals surface area contributed by atoms with E-state index in [1.807, 2.05) is 23.1 Å². The molecule has 1 N–H and O–H groups in total. The molecule has 6 heteroatoms. The zero-order valence-corrected chi connectivity index (χ0v) is 14.7. The highest BCUT2D eigenvalue weighted by Crippen LogP contribution is 2.19. The van der Waals surface area contributed by atoms with Gasteiger partial charge >= 0.3 is 0 Å². The number of carbonyl (C=O) groups excluding carboxylic acids is 1. The summed E-state index contributed by atoms with van der Waals surface area (Å²) in [7, 11) is 0. The Bertz CT molecular complexity index is 718. The summed E-state index contributed by atoms with van der Waals surface area (Å²) in [5.41, 5.74) is 1.93. The fraction of sp³-hybridized carbons (Fsp3) is 0.316. The molecular weight excluding hydrogens is 341 g/mol. The maximum atomic E-state index is 13.1. The monoisotopic (exact) mass is 361 g/mol. The third-order valence-corrected chi connectivity index (χ3v) is 4.63. The van der Waals surface area contributed by atoms with Crippen LogP contribution < -0.4 is 5.32 Å². The summed E-state index contributed by atoms with van der Waals surface area (Å²) in [5.74, 6) is -0.423. The fourth-order valence-corrected chi connectivity index (χ4v) is 3.07. The Kier molecular flexibility index (Phi) is 5.89. The van der Waals surface area contributed by atoms with Crippen LogP contribution in [-0.4, -0.2) is 48.4 Å². The zero-order chi connectivity index (χ0) is 17.6. The van der Waals surface area contributed by atoms with Gasteiger partial charge in [0.15, 0.2) is 0 Å². The summed E-state index contributed by atoms with van der Waals surface area (Å²) in [5, 5.41) is 3.05. The smallest absolute Gasteiger partial charge is 0.241 e. The van der Waals surface area contributed by atoms with Crippen molar-refractivity contribution in [2.24, 2.45) is 0 Å². The summed E-state index contributed by atoms with van der Waals surface area (Å²) < 4.78 is 13.1. The van der Waals surface area contributed by atoms with E-state index in [9.17, 15) is 9.18 Å². The van der Waals surface area contributed by atoms with Crippen LogP contribution in [0.15, 0.2) is 48.5 Å². The Morgan fingerprint density at radius 3 is 2.48 bits per heavy atom. The van der Waals surface area contributed by atoms with E-state index in [-0.39, 0.29) is 17.5 Å². The van der Waals surface area contributed by atoms with Gasteiger partial charge in [0.25, 0.3) is 0 Å². The Morgan fingerprint density at radius 2 is 1.80 bits per heavy atom. The molecule has 0 spiro atoms. The molecule has 2 aromatic carbocycles. The third-order valence-electron chi connectivity index (χ3n) is 4.34. The zero-order valence-electron chi connectivity index (χ0n) is 13.9. The largest absolute Gasteiger partial charge is 0.376 e. The van der Waals surface area contributed by atoms with Crippen LogP contribution in [0, 0.1) is 5.82 Å². The van der Waals surface area contributed by atoms with E-state index in [0.29, 0.717) is 5.69 Å². The van der Waals surface area contributed by atoms with E-state index in [1.54, 1.807) is 6.07 Å². The van der Waals surface area contributed by atoms with Gasteiger partial charge in [-0.2, -0.15) is 0 Å². The van der Waals surface area contributed by atoms with Gasteiger partial charge in [-0.15, -0.1) is 0 Å². The number of rotatable bonds is 5. The molecule has 0 bridgehead atoms. The predicted octanol–water partition coefficient (Wildman–Crippen LogP) is 3.24. The average Bonchev–Trinajstić information content (AvgIpc) is 2.64. The highest BCUT2D eigenvalue weighted by Gasteiger charge is 2.20. The number of carbonyl (C=O) groups is 1. The van der Waals surface area contributed by atoms with Gasteiger partial charge in [-0.1, -0.05) is 41.9 Å². The minimum absolute atomic E-state index is 0.0415. The van der Waals surface area contributed by atoms with Crippen LogP contribution in [0.3, 0.4) is 0 Å². The quantitative estimate of drug-likeness (QED) is 0.888. The molecule has 3 rings (SSSR count). The van der Waals surface area contributed by atoms with Gasteiger partial charge in [-0.3, -0.25) is 9.69 Å². The van der Waals surface area contributed by atoms with Gasteiger partial charge in [-0.25, -0.2) is 4.39 Å². The molecule has 0 saturated carbocycles. The maximum absolute atomic E-state index is 13.1. The maximum Gasteiger partial charge on any atom is 0.241 e. The number of piperazine rings is 1. The second-order valence-corrected chi connectivity index (χ2v) is 6.53. The molecule has 1 saturated heterocycles. The summed E-state index contributed by atoms with van der Waals surface area (Å²) in [6.07, 6.45) is 0. The molecule has 132 valence electrons. The second kappa shape index (κ2) is 8.32. The van der Waals surface area contributed by atoms with Crippen molar-refractivity contribution in [2.75, 3.05) is 38.0 Å². The molecule has 1 aliphatic heterocycles. The first-order chi connectivity index (χ1) is 12.1. The summed E-state index contributed by atoms with van der Waals surface area (Å²) in [6.45, 7) is 4.26. The van der Waals surface area contributed by atoms with Crippen molar-refractivity contribution in [3.05, 3.63) is 64.9 Å². The lowest BCUT2D eigenvalue weighted by molar-refractivity contribution is -0.131. The van der Waals surface area contributed by atoms with Gasteiger partial charge < -0.3 is 10.2 Å². The molecular formula is C19H21ClFN3O. The number of nitrogens with one attached hydrogen (secondary N) is 1. The van der Waals surface area contributed by atoms with Crippen LogP contribution in [0.4, 0.5) is 10.1 Å². The van der Waals surface area contributed by atoms with Gasteiger partial charge in [0, 0.05) is 38.4 Å². The van der Waals surface area contributed by atoms with E-state index in [2.05, 4.69) is 22.3 Å². The van der Waals surface area contributed by atoms with Crippen molar-refractivity contribution >= 4 is 23.2 Å². The molecule has 4 nitrogen and oxygen atoms in total. The van der Waals surface area contributed by atoms with Crippen molar-refractivity contribution in [3.63, 3.8) is 0 Å². The lowest BCUT2D eigenvalue weighted by Gasteiger charge is -2.34. The summed E-state index contributed by atoms with van der Waals surface area (Å²) in [6, 6.07) is 14.7. The SMILES string of the molecule is O=C(CNc1ccc(F)c(Cl)c1)N1CCN(Cc2ccccc2)CC1. The van der Waals surface area contributed by atoms with Crippen molar-refractivity contribution in [1.29, 1.82) is 0 Å². The van der Waals surface area contributed by atoms with Gasteiger partial charge in [0.2, 0.25) is 5.91 Å². The normalized spacial score (nSPS) is 15.2. The molecule has 0 aliphatic carbocycles. The molecule has 1 amide bonds. The summed E-state index contributed by atoms with van der Waals surface area (Å²) in [4.78, 5) is 16.5. The summed E-state index contributed by atoms with van der Waals surface area (Å²) >= 11 is 5.74. The first-order valence-electron chi connectivity index (χ1n) is 8.35. The number of nitrogens with zero attached hydrogens (tertiary/aromatic N) is 2. The van der Waals surface area contributed by atoms with Crippen molar-refractivity contribution in [2.45, 2.75) is 6.54 Å². The number of hydrogen-bond acceptors (Lipinski definition) is 3. The van der Waals surface area contributed by atoms with Crippen LogP contribution in [0.2, 0.25) is 5.02 Å². The minimum Gasteiger partial charge on any atom is -0.376 e. The standard InChI is InChI=1S/C19H21ClFN3O/c20-17-12-16(6-7-18(17)21)22-13-19(25)24-10-8-23(9-11-24)14-15-4-2-1-3-5-15/h1-7,12,22H,8-11,13-14H2. The predicted molar refractivity (Wildman–Crippen MR) is 98.2 cm³/mol. The number of benzene rings is 2. The molecule has 0 unspecified atom stereocenters. The van der Waals surface area contributed by atoms with Crippen molar-refractivity contribution in [3.8, 4) is 0 Å². The molecule has 1 fully saturated rings. The van der Waals surface area contributed by atoms with E-state index < -0.39 is 5.82 Å². The molecule has 0 radical (unpaired) electrons. The fourth-order valence-electron chi connectivity index (χ4n) is 2.89. The highest BCUT2D eigenvalue weighted by atomic mass is 35.5. The van der Waals surface area contributed by atoms with Crippen molar-refractivity contribution in [1.82, 2.24) is 9.80 Å². The van der Waals surface area contributed by atoms with Crippen LogP contribution >= 0.6 is 11.6 Å². The molecule has 0 atom stereocenters. The average molecular weight is 362 g/mol. The number of hydrogen-bond donors (Lipinski definition) is 1. The van der Waals surface area contributed by atoms with Gasteiger partial charge in [-0.05, 0) is 23.8 Å². The van der Waals surface area contributed by atoms with Crippen LogP contribution in [0.1, 0.15) is 5.56 Å². The Morgan fingerprint density at radius 1 is 1.08 bits per heavy atom. The highest BCUT2D eigenvalue weighted by molar-refractivity contribution is 6.31. The third kappa shape index (κ3) is 4.94. The Hall–Kier alpha value is -2.11. The molecule has 25 heavy (non-hydrogen) atoms. The lowest BCUT2D eigenvalue weighted by Crippen LogP contribution is -2.49. The van der Waals surface area contributed by atoms with Gasteiger partial charge in [0.05, 0.1) is 11.6 Å². The molecule has 0 aromatic heterocycles. The Labute approximate surface area is 152 Å². The van der Waals surface area contributed by atoms with E-state index >= 15 is 0 Å². The molecule has 2 aromatic rings. The lowest BCUT2D eigenvalue weighted by atomic mass is 10.2. The van der Waals surface area contributed by atoms with E-state index in [0.717, 1.165) is 32.7 Å². The molecule has 1 aliphatic rings. The first-order valence-corrected chi connectivity index (χ1v) is 8.72. The van der Waals surface area contributed by atoms with Crippen LogP contribution in [0.25, 0.3) is 0 Å². The first kappa shape index (κ1) is 17.7. The van der Waals surface area contributed by atoms with Crippen LogP contribution in [-0.2, 0) is 11.3 Å². The van der Waals surface area contributed by atoms with E-state index in [1.165, 1.54) is 17.7 Å². The van der Waals surface area contributed by atoms with Crippen LogP contribution in [0.5, 0.6) is 0 Å². The van der Waals surface area contributed by atoms with Crippen molar-refractivity contribution < 1.29 is 9.18 Å².